The fourth-order valence-corrected chi connectivity index (χ4v) is 2.37. The molecule has 0 fully saturated rings. The van der Waals surface area contributed by atoms with Crippen LogP contribution < -0.4 is 15.2 Å². The van der Waals surface area contributed by atoms with Gasteiger partial charge in [0.05, 0.1) is 33.1 Å². The molecule has 0 aromatic heterocycles. The summed E-state index contributed by atoms with van der Waals surface area (Å²) >= 11 is 0. The topological polar surface area (TPSA) is 84.9 Å². The van der Waals surface area contributed by atoms with Gasteiger partial charge in [0.2, 0.25) is 0 Å². The molecule has 0 aliphatic rings. The van der Waals surface area contributed by atoms with E-state index in [1.165, 1.54) is 7.11 Å². The predicted molar refractivity (Wildman–Crippen MR) is 91.2 cm³/mol. The van der Waals surface area contributed by atoms with E-state index in [4.69, 9.17) is 15.2 Å². The van der Waals surface area contributed by atoms with Gasteiger partial charge in [0.15, 0.2) is 0 Å². The molecule has 5 nitrogen and oxygen atoms in total. The van der Waals surface area contributed by atoms with Gasteiger partial charge in [0.25, 0.3) is 0 Å². The zero-order valence-electron chi connectivity index (χ0n) is 13.2. The number of nitrogen functional groups attached to an aromatic ring is 1. The van der Waals surface area contributed by atoms with E-state index in [-0.39, 0.29) is 13.2 Å². The molecule has 2 aromatic rings. The number of anilines is 1. The number of hydrogen-bond acceptors (Lipinski definition) is 5. The average molecular weight is 315 g/mol. The van der Waals surface area contributed by atoms with E-state index >= 15 is 0 Å². The number of ether oxygens (including phenoxy) is 2. The Morgan fingerprint density at radius 3 is 2.17 bits per heavy atom. The van der Waals surface area contributed by atoms with Crippen molar-refractivity contribution in [2.45, 2.75) is 13.2 Å². The molecule has 2 aromatic carbocycles. The molecule has 122 valence electrons. The van der Waals surface area contributed by atoms with Crippen molar-refractivity contribution in [3.63, 3.8) is 0 Å². The van der Waals surface area contributed by atoms with Gasteiger partial charge in [-0.1, -0.05) is 18.2 Å². The Balaban J connectivity index is 2.34. The van der Waals surface area contributed by atoms with Gasteiger partial charge >= 0.3 is 0 Å². The van der Waals surface area contributed by atoms with Gasteiger partial charge in [0, 0.05) is 5.56 Å². The Morgan fingerprint density at radius 2 is 1.61 bits per heavy atom. The lowest BCUT2D eigenvalue weighted by Gasteiger charge is -2.12. The van der Waals surface area contributed by atoms with Crippen LogP contribution in [0.5, 0.6) is 11.5 Å². The third-order valence-electron chi connectivity index (χ3n) is 3.59. The molecule has 2 rings (SSSR count). The first kappa shape index (κ1) is 16.9. The highest BCUT2D eigenvalue weighted by molar-refractivity contribution is 5.73. The Kier molecular flexibility index (Phi) is 5.62. The maximum absolute atomic E-state index is 9.45. The fourth-order valence-electron chi connectivity index (χ4n) is 2.37. The molecule has 0 amide bonds. The van der Waals surface area contributed by atoms with Crippen molar-refractivity contribution in [2.24, 2.45) is 0 Å². The van der Waals surface area contributed by atoms with Crippen LogP contribution in [0.15, 0.2) is 30.3 Å². The van der Waals surface area contributed by atoms with E-state index in [1.54, 1.807) is 7.11 Å². The summed E-state index contributed by atoms with van der Waals surface area (Å²) in [5, 5.41) is 18.9. The molecule has 0 radical (unpaired) electrons. The molecular formula is C18H21NO4. The van der Waals surface area contributed by atoms with Gasteiger partial charge in [-0.2, -0.15) is 0 Å². The molecule has 0 unspecified atom stereocenters. The van der Waals surface area contributed by atoms with E-state index in [9.17, 15) is 10.2 Å². The van der Waals surface area contributed by atoms with Crippen molar-refractivity contribution in [1.82, 2.24) is 0 Å². The second-order valence-corrected chi connectivity index (χ2v) is 5.01. The van der Waals surface area contributed by atoms with Gasteiger partial charge in [-0.3, -0.25) is 0 Å². The summed E-state index contributed by atoms with van der Waals surface area (Å²) in [6.07, 6.45) is 3.80. The van der Waals surface area contributed by atoms with Crippen LogP contribution in [0.1, 0.15) is 22.3 Å². The van der Waals surface area contributed by atoms with Crippen molar-refractivity contribution >= 4 is 17.8 Å². The van der Waals surface area contributed by atoms with Crippen LogP contribution in [-0.2, 0) is 13.2 Å². The van der Waals surface area contributed by atoms with Gasteiger partial charge in [0.1, 0.15) is 11.5 Å². The minimum absolute atomic E-state index is 0.163. The highest BCUT2D eigenvalue weighted by Crippen LogP contribution is 2.27. The molecule has 0 aliphatic carbocycles. The Bertz CT molecular complexity index is 685. The quantitative estimate of drug-likeness (QED) is 0.563. The summed E-state index contributed by atoms with van der Waals surface area (Å²) in [5.41, 5.74) is 9.48. The summed E-state index contributed by atoms with van der Waals surface area (Å²) < 4.78 is 10.4. The number of hydrogen-bond donors (Lipinski definition) is 3. The summed E-state index contributed by atoms with van der Waals surface area (Å²) in [6.45, 7) is -0.346. The van der Waals surface area contributed by atoms with Gasteiger partial charge in [-0.25, -0.2) is 0 Å². The molecule has 0 atom stereocenters. The molecule has 0 spiro atoms. The number of rotatable bonds is 6. The third kappa shape index (κ3) is 3.83. The highest BCUT2D eigenvalue weighted by atomic mass is 16.5. The van der Waals surface area contributed by atoms with Crippen LogP contribution in [0.2, 0.25) is 0 Å². The molecule has 23 heavy (non-hydrogen) atoms. The third-order valence-corrected chi connectivity index (χ3v) is 3.59. The molecular weight excluding hydrogens is 294 g/mol. The van der Waals surface area contributed by atoms with E-state index in [0.29, 0.717) is 28.3 Å². The van der Waals surface area contributed by atoms with E-state index in [1.807, 2.05) is 42.5 Å². The second kappa shape index (κ2) is 7.67. The van der Waals surface area contributed by atoms with Gasteiger partial charge in [-0.15, -0.1) is 0 Å². The fraction of sp³-hybridized carbons (Fsp3) is 0.222. The number of benzene rings is 2. The molecule has 4 N–H and O–H groups in total. The SMILES string of the molecule is COc1ccc(C=Cc2cc(CO)c(CO)c(OC)c2)cc1N. The van der Waals surface area contributed by atoms with Crippen molar-refractivity contribution < 1.29 is 19.7 Å². The summed E-state index contributed by atoms with van der Waals surface area (Å²) in [5.74, 6) is 1.19. The molecule has 0 saturated heterocycles. The van der Waals surface area contributed by atoms with Crippen LogP contribution in [0.3, 0.4) is 0 Å². The minimum Gasteiger partial charge on any atom is -0.496 e. The standard InChI is InChI=1S/C18H21NO4/c1-22-17-6-5-12(8-16(17)19)3-4-13-7-14(10-20)15(11-21)18(9-13)23-2/h3-9,20-21H,10-11,19H2,1-2H3. The number of aliphatic hydroxyl groups is 2. The number of aliphatic hydroxyl groups excluding tert-OH is 2. The van der Waals surface area contributed by atoms with Crippen LogP contribution in [0.4, 0.5) is 5.69 Å². The van der Waals surface area contributed by atoms with Crippen LogP contribution in [-0.4, -0.2) is 24.4 Å². The smallest absolute Gasteiger partial charge is 0.141 e. The average Bonchev–Trinajstić information content (AvgIpc) is 2.58. The molecule has 5 heteroatoms. The van der Waals surface area contributed by atoms with Crippen molar-refractivity contribution in [3.8, 4) is 11.5 Å². The lowest BCUT2D eigenvalue weighted by molar-refractivity contribution is 0.254. The number of nitrogens with two attached hydrogens (primary N) is 1. The molecule has 0 aliphatic heterocycles. The van der Waals surface area contributed by atoms with Gasteiger partial charge < -0.3 is 25.4 Å². The van der Waals surface area contributed by atoms with E-state index in [2.05, 4.69) is 0 Å². The largest absolute Gasteiger partial charge is 0.496 e. The highest BCUT2D eigenvalue weighted by Gasteiger charge is 2.09. The molecule has 0 bridgehead atoms. The normalized spacial score (nSPS) is 11.0. The first-order valence-electron chi connectivity index (χ1n) is 7.16. The van der Waals surface area contributed by atoms with Crippen LogP contribution >= 0.6 is 0 Å². The van der Waals surface area contributed by atoms with E-state index < -0.39 is 0 Å². The number of methoxy groups -OCH3 is 2. The molecule has 0 saturated carbocycles. The first-order chi connectivity index (χ1) is 11.1. The van der Waals surface area contributed by atoms with Crippen molar-refractivity contribution in [3.05, 3.63) is 52.6 Å². The monoisotopic (exact) mass is 315 g/mol. The zero-order valence-corrected chi connectivity index (χ0v) is 13.2. The van der Waals surface area contributed by atoms with Crippen LogP contribution in [0.25, 0.3) is 12.2 Å². The summed E-state index contributed by atoms with van der Waals surface area (Å²) in [6, 6.07) is 9.16. The van der Waals surface area contributed by atoms with Crippen molar-refractivity contribution in [1.29, 1.82) is 0 Å². The van der Waals surface area contributed by atoms with Crippen molar-refractivity contribution in [2.75, 3.05) is 20.0 Å². The zero-order chi connectivity index (χ0) is 16.8. The summed E-state index contributed by atoms with van der Waals surface area (Å²) in [4.78, 5) is 0. The maximum Gasteiger partial charge on any atom is 0.141 e. The second-order valence-electron chi connectivity index (χ2n) is 5.01. The van der Waals surface area contributed by atoms with E-state index in [0.717, 1.165) is 11.1 Å². The van der Waals surface area contributed by atoms with Crippen LogP contribution in [0, 0.1) is 0 Å². The Labute approximate surface area is 135 Å². The Morgan fingerprint density at radius 1 is 0.913 bits per heavy atom. The van der Waals surface area contributed by atoms with Gasteiger partial charge in [-0.05, 0) is 41.0 Å². The Hall–Kier alpha value is -2.50. The first-order valence-corrected chi connectivity index (χ1v) is 7.16. The predicted octanol–water partition coefficient (Wildman–Crippen LogP) is 2.44. The minimum atomic E-state index is -0.182. The lowest BCUT2D eigenvalue weighted by Crippen LogP contribution is -1.99. The molecule has 0 heterocycles. The lowest BCUT2D eigenvalue weighted by atomic mass is 10.0. The maximum atomic E-state index is 9.45. The summed E-state index contributed by atoms with van der Waals surface area (Å²) in [7, 11) is 3.11.